The molecule has 2 heterocycles. The van der Waals surface area contributed by atoms with Gasteiger partial charge < -0.3 is 14.5 Å². The topological polar surface area (TPSA) is 51.3 Å². The minimum Gasteiger partial charge on any atom is -0.461 e. The average Bonchev–Trinajstić information content (AvgIpc) is 2.91. The van der Waals surface area contributed by atoms with E-state index in [9.17, 15) is 9.18 Å². The van der Waals surface area contributed by atoms with Gasteiger partial charge in [-0.1, -0.05) is 0 Å². The molecule has 5 heteroatoms. The molecule has 4 nitrogen and oxygen atoms in total. The zero-order chi connectivity index (χ0) is 16.6. The second kappa shape index (κ2) is 5.96. The van der Waals surface area contributed by atoms with Crippen LogP contribution in [0.15, 0.2) is 18.2 Å². The Morgan fingerprint density at radius 2 is 2.22 bits per heavy atom. The van der Waals surface area contributed by atoms with Crippen molar-refractivity contribution in [3.05, 3.63) is 35.3 Å². The molecule has 1 atom stereocenters. The van der Waals surface area contributed by atoms with Crippen LogP contribution in [0.2, 0.25) is 0 Å². The van der Waals surface area contributed by atoms with Crippen LogP contribution in [0, 0.1) is 5.82 Å². The van der Waals surface area contributed by atoms with Crippen molar-refractivity contribution in [1.29, 1.82) is 0 Å². The number of ether oxygens (including phenoxy) is 2. The van der Waals surface area contributed by atoms with E-state index in [1.165, 1.54) is 0 Å². The monoisotopic (exact) mass is 319 g/mol. The van der Waals surface area contributed by atoms with Crippen LogP contribution in [0.5, 0.6) is 0 Å². The minimum atomic E-state index is -0.461. The Kier molecular flexibility index (Phi) is 4.15. The zero-order valence-electron chi connectivity index (χ0n) is 13.7. The number of nitrogens with one attached hydrogen (secondary N) is 1. The Labute approximate surface area is 135 Å². The summed E-state index contributed by atoms with van der Waals surface area (Å²) in [6.07, 6.45) is 1.73. The molecule has 1 aliphatic rings. The first-order valence-corrected chi connectivity index (χ1v) is 8.03. The third-order valence-electron chi connectivity index (χ3n) is 4.37. The number of hydrogen-bond donors (Lipinski definition) is 1. The van der Waals surface area contributed by atoms with Crippen LogP contribution in [0.3, 0.4) is 0 Å². The lowest BCUT2D eigenvalue weighted by atomic mass is 9.83. The normalized spacial score (nSPS) is 20.6. The SMILES string of the molecule is CCOC(=O)c1cc2cc([C@H]3CCOC(C)(C)C3)cc(F)c2[nH]1. The molecule has 1 aromatic carbocycles. The molecular weight excluding hydrogens is 297 g/mol. The van der Waals surface area contributed by atoms with Crippen LogP contribution >= 0.6 is 0 Å². The number of halogens is 1. The summed E-state index contributed by atoms with van der Waals surface area (Å²) in [6.45, 7) is 6.83. The number of benzene rings is 1. The quantitative estimate of drug-likeness (QED) is 0.864. The Hall–Kier alpha value is -1.88. The van der Waals surface area contributed by atoms with E-state index in [1.54, 1.807) is 19.1 Å². The van der Waals surface area contributed by atoms with Gasteiger partial charge >= 0.3 is 5.97 Å². The van der Waals surface area contributed by atoms with Crippen molar-refractivity contribution < 1.29 is 18.7 Å². The summed E-state index contributed by atoms with van der Waals surface area (Å²) < 4.78 is 25.1. The standard InChI is InChI=1S/C18H22FNO3/c1-4-22-17(21)15-9-13-7-12(8-14(19)16(13)20-15)11-5-6-23-18(2,3)10-11/h7-9,11,20H,4-6,10H2,1-3H3/t11-/m0/s1. The van der Waals surface area contributed by atoms with Crippen LogP contribution in [0.1, 0.15) is 55.6 Å². The highest BCUT2D eigenvalue weighted by Crippen LogP contribution is 2.37. The van der Waals surface area contributed by atoms with Crippen molar-refractivity contribution in [3.63, 3.8) is 0 Å². The molecule has 1 saturated heterocycles. The largest absolute Gasteiger partial charge is 0.461 e. The molecule has 0 amide bonds. The number of carbonyl (C=O) groups excluding carboxylic acids is 1. The summed E-state index contributed by atoms with van der Waals surface area (Å²) >= 11 is 0. The number of fused-ring (bicyclic) bond motifs is 1. The van der Waals surface area contributed by atoms with E-state index in [0.717, 1.165) is 18.4 Å². The molecule has 0 saturated carbocycles. The molecular formula is C18H22FNO3. The molecule has 124 valence electrons. The van der Waals surface area contributed by atoms with E-state index in [1.807, 2.05) is 6.07 Å². The maximum Gasteiger partial charge on any atom is 0.354 e. The molecule has 0 radical (unpaired) electrons. The number of aromatic amines is 1. The van der Waals surface area contributed by atoms with Crippen LogP contribution in [0.4, 0.5) is 4.39 Å². The maximum absolute atomic E-state index is 14.4. The second-order valence-electron chi connectivity index (χ2n) is 6.67. The Balaban J connectivity index is 1.95. The number of carbonyl (C=O) groups is 1. The maximum atomic E-state index is 14.4. The molecule has 0 aliphatic carbocycles. The Bertz CT molecular complexity index is 735. The Morgan fingerprint density at radius 1 is 1.43 bits per heavy atom. The van der Waals surface area contributed by atoms with E-state index in [-0.39, 0.29) is 23.0 Å². The first-order valence-electron chi connectivity index (χ1n) is 8.03. The van der Waals surface area contributed by atoms with Crippen molar-refractivity contribution in [2.75, 3.05) is 13.2 Å². The summed E-state index contributed by atoms with van der Waals surface area (Å²) in [5, 5.41) is 0.701. The van der Waals surface area contributed by atoms with Crippen molar-refractivity contribution in [1.82, 2.24) is 4.98 Å². The minimum absolute atomic E-state index is 0.192. The lowest BCUT2D eigenvalue weighted by Crippen LogP contribution is -2.33. The fraction of sp³-hybridized carbons (Fsp3) is 0.500. The van der Waals surface area contributed by atoms with Crippen molar-refractivity contribution >= 4 is 16.9 Å². The number of aromatic nitrogens is 1. The summed E-state index contributed by atoms with van der Waals surface area (Å²) in [6, 6.07) is 5.19. The van der Waals surface area contributed by atoms with Gasteiger partial charge in [0.05, 0.1) is 17.7 Å². The van der Waals surface area contributed by atoms with Gasteiger partial charge in [0.2, 0.25) is 0 Å². The summed E-state index contributed by atoms with van der Waals surface area (Å²) in [5.41, 5.74) is 1.40. The van der Waals surface area contributed by atoms with Gasteiger partial charge in [0.1, 0.15) is 11.5 Å². The van der Waals surface area contributed by atoms with E-state index in [4.69, 9.17) is 9.47 Å². The molecule has 1 aromatic heterocycles. The number of hydrogen-bond acceptors (Lipinski definition) is 3. The molecule has 0 unspecified atom stereocenters. The summed E-state index contributed by atoms with van der Waals surface area (Å²) in [4.78, 5) is 14.6. The number of esters is 1. The summed E-state index contributed by atoms with van der Waals surface area (Å²) in [5.74, 6) is -0.534. The lowest BCUT2D eigenvalue weighted by molar-refractivity contribution is -0.0593. The van der Waals surface area contributed by atoms with Gasteiger partial charge in [-0.15, -0.1) is 0 Å². The van der Waals surface area contributed by atoms with E-state index >= 15 is 0 Å². The third-order valence-corrected chi connectivity index (χ3v) is 4.37. The first kappa shape index (κ1) is 16.0. The van der Waals surface area contributed by atoms with Gasteiger partial charge in [0.25, 0.3) is 0 Å². The van der Waals surface area contributed by atoms with Crippen molar-refractivity contribution in [2.45, 2.75) is 45.1 Å². The molecule has 2 aromatic rings. The highest BCUT2D eigenvalue weighted by molar-refractivity contribution is 5.95. The molecule has 0 bridgehead atoms. The molecule has 0 spiro atoms. The van der Waals surface area contributed by atoms with E-state index in [0.29, 0.717) is 24.1 Å². The zero-order valence-corrected chi connectivity index (χ0v) is 13.7. The van der Waals surface area contributed by atoms with Crippen LogP contribution in [0.25, 0.3) is 10.9 Å². The molecule has 1 N–H and O–H groups in total. The van der Waals surface area contributed by atoms with Gasteiger partial charge in [-0.05, 0) is 63.3 Å². The third kappa shape index (κ3) is 3.24. The molecule has 23 heavy (non-hydrogen) atoms. The van der Waals surface area contributed by atoms with Gasteiger partial charge in [0, 0.05) is 12.0 Å². The lowest BCUT2D eigenvalue weighted by Gasteiger charge is -2.35. The molecule has 1 fully saturated rings. The van der Waals surface area contributed by atoms with Gasteiger partial charge in [-0.25, -0.2) is 9.18 Å². The van der Waals surface area contributed by atoms with Crippen LogP contribution in [-0.2, 0) is 9.47 Å². The predicted molar refractivity (Wildman–Crippen MR) is 86.2 cm³/mol. The van der Waals surface area contributed by atoms with E-state index in [2.05, 4.69) is 18.8 Å². The van der Waals surface area contributed by atoms with E-state index < -0.39 is 5.97 Å². The van der Waals surface area contributed by atoms with Gasteiger partial charge in [0.15, 0.2) is 0 Å². The van der Waals surface area contributed by atoms with Crippen LogP contribution in [-0.4, -0.2) is 29.8 Å². The molecule has 3 rings (SSSR count). The van der Waals surface area contributed by atoms with Gasteiger partial charge in [-0.3, -0.25) is 0 Å². The average molecular weight is 319 g/mol. The van der Waals surface area contributed by atoms with Crippen LogP contribution < -0.4 is 0 Å². The highest BCUT2D eigenvalue weighted by atomic mass is 19.1. The predicted octanol–water partition coefficient (Wildman–Crippen LogP) is 4.16. The second-order valence-corrected chi connectivity index (χ2v) is 6.67. The fourth-order valence-corrected chi connectivity index (χ4v) is 3.29. The smallest absolute Gasteiger partial charge is 0.354 e. The highest BCUT2D eigenvalue weighted by Gasteiger charge is 2.30. The fourth-order valence-electron chi connectivity index (χ4n) is 3.29. The van der Waals surface area contributed by atoms with Gasteiger partial charge in [-0.2, -0.15) is 0 Å². The van der Waals surface area contributed by atoms with Crippen molar-refractivity contribution in [3.8, 4) is 0 Å². The molecule has 1 aliphatic heterocycles. The number of H-pyrrole nitrogens is 1. The first-order chi connectivity index (χ1) is 10.9. The Morgan fingerprint density at radius 3 is 2.91 bits per heavy atom. The number of rotatable bonds is 3. The summed E-state index contributed by atoms with van der Waals surface area (Å²) in [7, 11) is 0. The van der Waals surface area contributed by atoms with Crippen molar-refractivity contribution in [2.24, 2.45) is 0 Å².